The first-order valence-corrected chi connectivity index (χ1v) is 6.54. The van der Waals surface area contributed by atoms with Crippen LogP contribution < -0.4 is 5.73 Å². The van der Waals surface area contributed by atoms with Gasteiger partial charge in [0.05, 0.1) is 16.2 Å². The SMILES string of the molecule is CC1(C)OB(/C=C/c2c(Cl)ccnc2N)OC1(C)C. The molecule has 2 heterocycles. The molecular formula is C13H18BClN2O2. The van der Waals surface area contributed by atoms with Crippen molar-refractivity contribution in [3.63, 3.8) is 0 Å². The van der Waals surface area contributed by atoms with Gasteiger partial charge < -0.3 is 15.0 Å². The maximum atomic E-state index is 6.07. The number of hydrogen-bond donors (Lipinski definition) is 1. The molecule has 2 N–H and O–H groups in total. The minimum atomic E-state index is -0.416. The van der Waals surface area contributed by atoms with Gasteiger partial charge in [0, 0.05) is 11.8 Å². The highest BCUT2D eigenvalue weighted by molar-refractivity contribution is 6.52. The Balaban J connectivity index is 2.18. The van der Waals surface area contributed by atoms with Crippen LogP contribution in [0.3, 0.4) is 0 Å². The maximum Gasteiger partial charge on any atom is 0.487 e. The summed E-state index contributed by atoms with van der Waals surface area (Å²) in [5.41, 5.74) is 5.75. The Morgan fingerprint density at radius 2 is 1.84 bits per heavy atom. The number of nitrogens with zero attached hydrogens (tertiary/aromatic N) is 1. The molecule has 1 aromatic heterocycles. The molecule has 1 aliphatic heterocycles. The molecule has 0 spiro atoms. The molecule has 0 atom stereocenters. The van der Waals surface area contributed by atoms with E-state index in [-0.39, 0.29) is 11.2 Å². The van der Waals surface area contributed by atoms with Gasteiger partial charge >= 0.3 is 7.12 Å². The number of rotatable bonds is 2. The molecule has 0 aliphatic carbocycles. The third-order valence-electron chi connectivity index (χ3n) is 3.66. The van der Waals surface area contributed by atoms with Crippen molar-refractivity contribution in [1.29, 1.82) is 0 Å². The normalized spacial score (nSPS) is 21.2. The van der Waals surface area contributed by atoms with Gasteiger partial charge in [-0.05, 0) is 33.8 Å². The lowest BCUT2D eigenvalue weighted by atomic mass is 9.89. The van der Waals surface area contributed by atoms with Crippen LogP contribution in [0, 0.1) is 0 Å². The van der Waals surface area contributed by atoms with E-state index in [0.29, 0.717) is 16.4 Å². The average molecular weight is 281 g/mol. The molecule has 4 nitrogen and oxygen atoms in total. The third-order valence-corrected chi connectivity index (χ3v) is 3.99. The molecule has 1 aromatic rings. The van der Waals surface area contributed by atoms with Crippen molar-refractivity contribution < 1.29 is 9.31 Å². The van der Waals surface area contributed by atoms with E-state index in [1.807, 2.05) is 27.7 Å². The smallest absolute Gasteiger partial charge is 0.400 e. The van der Waals surface area contributed by atoms with Gasteiger partial charge in [-0.25, -0.2) is 4.98 Å². The molecule has 1 aliphatic rings. The molecule has 102 valence electrons. The van der Waals surface area contributed by atoms with Crippen molar-refractivity contribution in [2.45, 2.75) is 38.9 Å². The molecule has 2 rings (SSSR count). The average Bonchev–Trinajstić information content (AvgIpc) is 2.46. The summed E-state index contributed by atoms with van der Waals surface area (Å²) >= 11 is 6.07. The van der Waals surface area contributed by atoms with Crippen molar-refractivity contribution in [2.75, 3.05) is 5.73 Å². The lowest BCUT2D eigenvalue weighted by molar-refractivity contribution is 0.00578. The van der Waals surface area contributed by atoms with Crippen molar-refractivity contribution in [3.05, 3.63) is 28.8 Å². The number of nitrogen functional groups attached to an aromatic ring is 1. The molecule has 1 saturated heterocycles. The number of aromatic nitrogens is 1. The second-order valence-electron chi connectivity index (χ2n) is 5.58. The summed E-state index contributed by atoms with van der Waals surface area (Å²) in [4.78, 5) is 4.00. The lowest BCUT2D eigenvalue weighted by Crippen LogP contribution is -2.41. The highest BCUT2D eigenvalue weighted by Crippen LogP contribution is 2.37. The first-order valence-electron chi connectivity index (χ1n) is 6.17. The molecule has 19 heavy (non-hydrogen) atoms. The molecule has 0 saturated carbocycles. The number of pyridine rings is 1. The highest BCUT2D eigenvalue weighted by Gasteiger charge is 2.50. The van der Waals surface area contributed by atoms with Crippen LogP contribution in [0.25, 0.3) is 6.08 Å². The van der Waals surface area contributed by atoms with Crippen LogP contribution in [0.2, 0.25) is 5.02 Å². The van der Waals surface area contributed by atoms with Crippen LogP contribution in [0.5, 0.6) is 0 Å². The van der Waals surface area contributed by atoms with E-state index in [9.17, 15) is 0 Å². The minimum absolute atomic E-state index is 0.355. The lowest BCUT2D eigenvalue weighted by Gasteiger charge is -2.32. The van der Waals surface area contributed by atoms with E-state index < -0.39 is 7.12 Å². The van der Waals surface area contributed by atoms with Crippen molar-refractivity contribution in [3.8, 4) is 0 Å². The Morgan fingerprint density at radius 3 is 2.37 bits per heavy atom. The molecule has 0 bridgehead atoms. The Morgan fingerprint density at radius 1 is 1.26 bits per heavy atom. The van der Waals surface area contributed by atoms with Gasteiger partial charge in [-0.2, -0.15) is 0 Å². The number of halogens is 1. The largest absolute Gasteiger partial charge is 0.487 e. The molecule has 1 fully saturated rings. The summed E-state index contributed by atoms with van der Waals surface area (Å²) in [5, 5.41) is 0.556. The first kappa shape index (κ1) is 14.4. The first-order chi connectivity index (χ1) is 8.73. The summed E-state index contributed by atoms with van der Waals surface area (Å²) in [7, 11) is -0.416. The summed E-state index contributed by atoms with van der Waals surface area (Å²) in [5.74, 6) is 2.19. The van der Waals surface area contributed by atoms with E-state index in [4.69, 9.17) is 26.6 Å². The monoisotopic (exact) mass is 280 g/mol. The van der Waals surface area contributed by atoms with E-state index in [0.717, 1.165) is 0 Å². The topological polar surface area (TPSA) is 57.4 Å². The van der Waals surface area contributed by atoms with Crippen LogP contribution in [-0.2, 0) is 9.31 Å². The van der Waals surface area contributed by atoms with E-state index >= 15 is 0 Å². The minimum Gasteiger partial charge on any atom is -0.400 e. The second kappa shape index (κ2) is 4.82. The fourth-order valence-electron chi connectivity index (χ4n) is 1.77. The molecule has 0 radical (unpaired) electrons. The van der Waals surface area contributed by atoms with Crippen LogP contribution >= 0.6 is 11.6 Å². The van der Waals surface area contributed by atoms with E-state index in [1.54, 1.807) is 24.3 Å². The van der Waals surface area contributed by atoms with Crippen LogP contribution in [0.1, 0.15) is 33.3 Å². The maximum absolute atomic E-state index is 6.07. The van der Waals surface area contributed by atoms with Crippen molar-refractivity contribution in [1.82, 2.24) is 4.98 Å². The number of anilines is 1. The molecule has 6 heteroatoms. The quantitative estimate of drug-likeness (QED) is 0.846. The van der Waals surface area contributed by atoms with Crippen LogP contribution in [0.15, 0.2) is 18.2 Å². The second-order valence-corrected chi connectivity index (χ2v) is 5.98. The van der Waals surface area contributed by atoms with Gasteiger partial charge in [0.15, 0.2) is 0 Å². The van der Waals surface area contributed by atoms with Gasteiger partial charge in [-0.1, -0.05) is 23.7 Å². The fourth-order valence-corrected chi connectivity index (χ4v) is 1.99. The molecule has 0 amide bonds. The molecule has 0 aromatic carbocycles. The predicted molar refractivity (Wildman–Crippen MR) is 78.8 cm³/mol. The van der Waals surface area contributed by atoms with Crippen LogP contribution in [0.4, 0.5) is 5.82 Å². The zero-order valence-electron chi connectivity index (χ0n) is 11.6. The van der Waals surface area contributed by atoms with Crippen molar-refractivity contribution in [2.24, 2.45) is 0 Å². The van der Waals surface area contributed by atoms with Crippen LogP contribution in [-0.4, -0.2) is 23.3 Å². The highest BCUT2D eigenvalue weighted by atomic mass is 35.5. The van der Waals surface area contributed by atoms with Gasteiger partial charge in [0.2, 0.25) is 0 Å². The third kappa shape index (κ3) is 2.78. The zero-order chi connectivity index (χ0) is 14.3. The predicted octanol–water partition coefficient (Wildman–Crippen LogP) is 2.96. The Bertz CT molecular complexity index is 481. The number of nitrogens with two attached hydrogens (primary N) is 1. The summed E-state index contributed by atoms with van der Waals surface area (Å²) < 4.78 is 11.7. The Labute approximate surface area is 119 Å². The van der Waals surface area contributed by atoms with Gasteiger partial charge in [0.1, 0.15) is 5.82 Å². The van der Waals surface area contributed by atoms with Gasteiger partial charge in [-0.15, -0.1) is 0 Å². The summed E-state index contributed by atoms with van der Waals surface area (Å²) in [6, 6.07) is 1.70. The zero-order valence-corrected chi connectivity index (χ0v) is 12.4. The van der Waals surface area contributed by atoms with E-state index in [1.165, 1.54) is 0 Å². The Hall–Kier alpha value is -1.04. The summed E-state index contributed by atoms with van der Waals surface area (Å²) in [6.07, 6.45) is 3.36. The Kier molecular flexibility index (Phi) is 3.64. The standard InChI is InChI=1S/C13H18BClN2O2/c1-12(2)13(3,4)19-14(18-12)7-5-9-10(15)6-8-17-11(9)16/h5-8H,1-4H3,(H2,16,17)/b7-5+. The van der Waals surface area contributed by atoms with Crippen molar-refractivity contribution >= 4 is 30.6 Å². The van der Waals surface area contributed by atoms with Gasteiger partial charge in [-0.3, -0.25) is 0 Å². The molecular weight excluding hydrogens is 262 g/mol. The summed E-state index contributed by atoms with van der Waals surface area (Å²) in [6.45, 7) is 8.02. The van der Waals surface area contributed by atoms with Gasteiger partial charge in [0.25, 0.3) is 0 Å². The van der Waals surface area contributed by atoms with E-state index in [2.05, 4.69) is 4.98 Å². The number of hydrogen-bond acceptors (Lipinski definition) is 4. The molecule has 0 unspecified atom stereocenters. The fraction of sp³-hybridized carbons (Fsp3) is 0.462.